The van der Waals surface area contributed by atoms with Crippen LogP contribution in [0.4, 0.5) is 0 Å². The Bertz CT molecular complexity index is 1340. The van der Waals surface area contributed by atoms with Crippen molar-refractivity contribution in [1.29, 1.82) is 0 Å². The molecule has 0 bridgehead atoms. The lowest BCUT2D eigenvalue weighted by atomic mass is 10.2. The van der Waals surface area contributed by atoms with E-state index in [1.165, 1.54) is 7.05 Å². The molecule has 4 aromatic rings. The summed E-state index contributed by atoms with van der Waals surface area (Å²) in [6.45, 7) is 3.11. The van der Waals surface area contributed by atoms with Crippen LogP contribution in [-0.2, 0) is 16.5 Å². The van der Waals surface area contributed by atoms with E-state index in [2.05, 4.69) is 9.97 Å². The molecular formula is C22H20Cl2N4O4. The highest BCUT2D eigenvalue weighted by Gasteiger charge is 2.20. The molecule has 3 heterocycles. The number of fused-ring (bicyclic) bond motifs is 1. The molecule has 166 valence electrons. The van der Waals surface area contributed by atoms with Crippen LogP contribution in [0.1, 0.15) is 0 Å². The van der Waals surface area contributed by atoms with E-state index in [4.69, 9.17) is 32.7 Å². The van der Waals surface area contributed by atoms with Gasteiger partial charge in [-0.05, 0) is 36.4 Å². The van der Waals surface area contributed by atoms with Crippen LogP contribution in [0.3, 0.4) is 0 Å². The minimum absolute atomic E-state index is 0.197. The third kappa shape index (κ3) is 4.49. The van der Waals surface area contributed by atoms with Crippen LogP contribution >= 0.6 is 23.2 Å². The van der Waals surface area contributed by atoms with Crippen LogP contribution in [0, 0.1) is 0 Å². The number of nitrogens with one attached hydrogen (secondary N) is 1. The SMILES string of the molecule is C1COCCO1.Cn1c(=O)[nH]c2nc(-c3ccccc3Cl)n(-c3ccc(Cl)cc3)c2c1=O. The average molecular weight is 475 g/mol. The van der Waals surface area contributed by atoms with Gasteiger partial charge in [0.1, 0.15) is 5.82 Å². The van der Waals surface area contributed by atoms with Crippen molar-refractivity contribution < 1.29 is 9.47 Å². The summed E-state index contributed by atoms with van der Waals surface area (Å²) >= 11 is 12.3. The molecule has 0 unspecified atom stereocenters. The largest absolute Gasteiger partial charge is 0.377 e. The third-order valence-corrected chi connectivity index (χ3v) is 5.44. The third-order valence-electron chi connectivity index (χ3n) is 4.86. The van der Waals surface area contributed by atoms with Gasteiger partial charge in [0.15, 0.2) is 11.2 Å². The lowest BCUT2D eigenvalue weighted by molar-refractivity contribution is -0.0334. The highest BCUT2D eigenvalue weighted by Crippen LogP contribution is 2.31. The zero-order chi connectivity index (χ0) is 22.7. The number of hydrogen-bond acceptors (Lipinski definition) is 5. The number of imidazole rings is 1. The summed E-state index contributed by atoms with van der Waals surface area (Å²) < 4.78 is 12.6. The van der Waals surface area contributed by atoms with Crippen LogP contribution in [-0.4, -0.2) is 45.5 Å². The van der Waals surface area contributed by atoms with Gasteiger partial charge in [-0.1, -0.05) is 35.3 Å². The van der Waals surface area contributed by atoms with Gasteiger partial charge in [-0.25, -0.2) is 9.78 Å². The number of benzene rings is 2. The lowest BCUT2D eigenvalue weighted by Gasteiger charge is -2.10. The molecule has 1 aliphatic heterocycles. The number of hydrogen-bond donors (Lipinski definition) is 1. The van der Waals surface area contributed by atoms with Gasteiger partial charge in [0, 0.05) is 23.3 Å². The van der Waals surface area contributed by atoms with E-state index in [-0.39, 0.29) is 11.2 Å². The number of aromatic amines is 1. The molecule has 0 radical (unpaired) electrons. The van der Waals surface area contributed by atoms with Crippen molar-refractivity contribution in [1.82, 2.24) is 19.1 Å². The van der Waals surface area contributed by atoms with E-state index in [1.54, 1.807) is 41.0 Å². The Labute approximate surface area is 192 Å². The van der Waals surface area contributed by atoms with Gasteiger partial charge < -0.3 is 9.47 Å². The molecule has 0 atom stereocenters. The smallest absolute Gasteiger partial charge is 0.329 e. The Morgan fingerprint density at radius 2 is 1.56 bits per heavy atom. The molecule has 0 amide bonds. The second-order valence-corrected chi connectivity index (χ2v) is 7.79. The minimum atomic E-state index is -0.533. The van der Waals surface area contributed by atoms with E-state index in [1.807, 2.05) is 12.1 Å². The predicted molar refractivity (Wildman–Crippen MR) is 124 cm³/mol. The van der Waals surface area contributed by atoms with Gasteiger partial charge in [0.25, 0.3) is 5.56 Å². The minimum Gasteiger partial charge on any atom is -0.377 e. The van der Waals surface area contributed by atoms with Crippen molar-refractivity contribution in [3.8, 4) is 17.1 Å². The van der Waals surface area contributed by atoms with E-state index >= 15 is 0 Å². The molecule has 1 N–H and O–H groups in total. The van der Waals surface area contributed by atoms with Crippen LogP contribution in [0.25, 0.3) is 28.2 Å². The van der Waals surface area contributed by atoms with E-state index in [9.17, 15) is 9.59 Å². The standard InChI is InChI=1S/C18H12Cl2N4O2.C4H8O2/c1-23-17(25)14-15(22-18(23)26)21-16(12-4-2-3-5-13(12)20)24(14)11-8-6-10(19)7-9-11;1-2-6-4-3-5-1/h2-9H,1H3,(H,22,26);1-4H2. The average Bonchev–Trinajstić information content (AvgIpc) is 3.19. The summed E-state index contributed by atoms with van der Waals surface area (Å²) in [6, 6.07) is 14.2. The summed E-state index contributed by atoms with van der Waals surface area (Å²) in [6.07, 6.45) is 0. The number of nitrogens with zero attached hydrogens (tertiary/aromatic N) is 3. The van der Waals surface area contributed by atoms with Gasteiger partial charge in [-0.15, -0.1) is 0 Å². The lowest BCUT2D eigenvalue weighted by Crippen LogP contribution is -2.33. The zero-order valence-corrected chi connectivity index (χ0v) is 18.7. The fourth-order valence-electron chi connectivity index (χ4n) is 3.25. The molecule has 2 aromatic heterocycles. The van der Waals surface area contributed by atoms with Gasteiger partial charge in [0.05, 0.1) is 31.5 Å². The van der Waals surface area contributed by atoms with Crippen molar-refractivity contribution >= 4 is 34.4 Å². The topological polar surface area (TPSA) is 91.1 Å². The first-order valence-corrected chi connectivity index (χ1v) is 10.6. The van der Waals surface area contributed by atoms with E-state index in [0.717, 1.165) is 31.0 Å². The Kier molecular flexibility index (Phi) is 6.76. The first-order valence-electron chi connectivity index (χ1n) is 9.85. The van der Waals surface area contributed by atoms with E-state index < -0.39 is 11.2 Å². The molecule has 1 aliphatic rings. The Morgan fingerprint density at radius 3 is 2.16 bits per heavy atom. The Balaban J connectivity index is 0.000000354. The highest BCUT2D eigenvalue weighted by atomic mass is 35.5. The molecule has 0 saturated carbocycles. The van der Waals surface area contributed by atoms with Crippen LogP contribution < -0.4 is 11.2 Å². The maximum atomic E-state index is 12.8. The number of rotatable bonds is 2. The van der Waals surface area contributed by atoms with Crippen molar-refractivity contribution in [3.63, 3.8) is 0 Å². The molecule has 2 aromatic carbocycles. The first-order chi connectivity index (χ1) is 15.5. The first kappa shape index (κ1) is 22.3. The second kappa shape index (κ2) is 9.70. The summed E-state index contributed by atoms with van der Waals surface area (Å²) in [4.78, 5) is 31.9. The van der Waals surface area contributed by atoms with Crippen LogP contribution in [0.15, 0.2) is 58.1 Å². The number of aromatic nitrogens is 4. The van der Waals surface area contributed by atoms with Gasteiger partial charge in [-0.2, -0.15) is 0 Å². The molecule has 8 nitrogen and oxygen atoms in total. The Hall–Kier alpha value is -2.91. The zero-order valence-electron chi connectivity index (χ0n) is 17.2. The van der Waals surface area contributed by atoms with Crippen molar-refractivity contribution in [2.75, 3.05) is 26.4 Å². The number of ether oxygens (including phenoxy) is 2. The summed E-state index contributed by atoms with van der Waals surface area (Å²) in [5, 5.41) is 1.05. The number of H-pyrrole nitrogens is 1. The predicted octanol–water partition coefficient (Wildman–Crippen LogP) is 3.42. The second-order valence-electron chi connectivity index (χ2n) is 6.94. The maximum Gasteiger partial charge on any atom is 0.329 e. The molecule has 10 heteroatoms. The fraction of sp³-hybridized carbons (Fsp3) is 0.227. The monoisotopic (exact) mass is 474 g/mol. The molecular weight excluding hydrogens is 455 g/mol. The molecule has 1 saturated heterocycles. The summed E-state index contributed by atoms with van der Waals surface area (Å²) in [5.41, 5.74) is 0.782. The van der Waals surface area contributed by atoms with Gasteiger partial charge in [0.2, 0.25) is 0 Å². The molecule has 32 heavy (non-hydrogen) atoms. The van der Waals surface area contributed by atoms with Crippen molar-refractivity contribution in [2.45, 2.75) is 0 Å². The molecule has 5 rings (SSSR count). The summed E-state index contributed by atoms with van der Waals surface area (Å²) in [5.74, 6) is 0.451. The normalized spacial score (nSPS) is 13.6. The van der Waals surface area contributed by atoms with Crippen molar-refractivity contribution in [3.05, 3.63) is 79.4 Å². The summed E-state index contributed by atoms with van der Waals surface area (Å²) in [7, 11) is 1.41. The van der Waals surface area contributed by atoms with E-state index in [0.29, 0.717) is 27.1 Å². The van der Waals surface area contributed by atoms with Gasteiger partial charge >= 0.3 is 5.69 Å². The highest BCUT2D eigenvalue weighted by molar-refractivity contribution is 6.33. The van der Waals surface area contributed by atoms with Crippen molar-refractivity contribution in [2.24, 2.45) is 7.05 Å². The van der Waals surface area contributed by atoms with Crippen LogP contribution in [0.2, 0.25) is 10.0 Å². The Morgan fingerprint density at radius 1 is 0.938 bits per heavy atom. The quantitative estimate of drug-likeness (QED) is 0.480. The number of halogens is 2. The fourth-order valence-corrected chi connectivity index (χ4v) is 3.59. The molecule has 1 fully saturated rings. The van der Waals surface area contributed by atoms with Gasteiger partial charge in [-0.3, -0.25) is 18.9 Å². The maximum absolute atomic E-state index is 12.8. The molecule has 0 spiro atoms. The van der Waals surface area contributed by atoms with Crippen LogP contribution in [0.5, 0.6) is 0 Å². The molecule has 0 aliphatic carbocycles.